The van der Waals surface area contributed by atoms with E-state index in [1.807, 2.05) is 12.1 Å². The highest BCUT2D eigenvalue weighted by Gasteiger charge is 2.25. The van der Waals surface area contributed by atoms with E-state index in [9.17, 15) is 0 Å². The number of fused-ring (bicyclic) bond motifs is 1. The molecule has 1 nitrogen and oxygen atoms in total. The highest BCUT2D eigenvalue weighted by Crippen LogP contribution is 2.35. The van der Waals surface area contributed by atoms with Crippen molar-refractivity contribution in [3.8, 4) is 0 Å². The number of hydrogen-bond acceptors (Lipinski definition) is 1. The second kappa shape index (κ2) is 4.66. The number of hydrogen-bond donors (Lipinski definition) is 1. The van der Waals surface area contributed by atoms with Crippen LogP contribution in [-0.4, -0.2) is 6.54 Å². The average molecular weight is 258 g/mol. The van der Waals surface area contributed by atoms with Gasteiger partial charge in [0.05, 0.1) is 10.7 Å². The molecule has 3 rings (SSSR count). The van der Waals surface area contributed by atoms with E-state index >= 15 is 0 Å². The Balaban J connectivity index is 1.70. The molecule has 1 atom stereocenters. The lowest BCUT2D eigenvalue weighted by molar-refractivity contribution is 0.635. The summed E-state index contributed by atoms with van der Waals surface area (Å²) in [5.74, 6) is 0.622. The molecule has 2 aromatic rings. The van der Waals surface area contributed by atoms with Gasteiger partial charge in [-0.05, 0) is 36.1 Å². The number of nitrogens with one attached hydrogen (secondary N) is 1. The first kappa shape index (κ1) is 11.6. The molecule has 0 heterocycles. The predicted molar refractivity (Wildman–Crippen MR) is 77.6 cm³/mol. The molecule has 2 heteroatoms. The maximum Gasteiger partial charge on any atom is 0.0640 e. The molecule has 92 valence electrons. The van der Waals surface area contributed by atoms with Crippen molar-refractivity contribution in [2.24, 2.45) is 0 Å². The van der Waals surface area contributed by atoms with Gasteiger partial charge < -0.3 is 5.32 Å². The molecule has 18 heavy (non-hydrogen) atoms. The van der Waals surface area contributed by atoms with Crippen molar-refractivity contribution in [1.82, 2.24) is 0 Å². The molecule has 1 aliphatic rings. The lowest BCUT2D eigenvalue weighted by atomic mass is 9.77. The second-order valence-electron chi connectivity index (χ2n) is 4.91. The highest BCUT2D eigenvalue weighted by atomic mass is 35.5. The van der Waals surface area contributed by atoms with Gasteiger partial charge in [0.25, 0.3) is 0 Å². The van der Waals surface area contributed by atoms with E-state index in [0.717, 1.165) is 17.3 Å². The Morgan fingerprint density at radius 2 is 2.00 bits per heavy atom. The Hall–Kier alpha value is -1.47. The summed E-state index contributed by atoms with van der Waals surface area (Å²) >= 11 is 6.21. The summed E-state index contributed by atoms with van der Waals surface area (Å²) in [4.78, 5) is 0. The molecule has 0 amide bonds. The fraction of sp³-hybridized carbons (Fsp3) is 0.250. The van der Waals surface area contributed by atoms with Crippen molar-refractivity contribution in [2.75, 3.05) is 11.9 Å². The van der Waals surface area contributed by atoms with Crippen LogP contribution in [0.4, 0.5) is 5.69 Å². The van der Waals surface area contributed by atoms with Crippen LogP contribution in [0, 0.1) is 6.92 Å². The predicted octanol–water partition coefficient (Wildman–Crippen LogP) is 4.40. The minimum absolute atomic E-state index is 0.622. The third-order valence-corrected chi connectivity index (χ3v) is 4.02. The van der Waals surface area contributed by atoms with Crippen molar-refractivity contribution in [2.45, 2.75) is 19.3 Å². The van der Waals surface area contributed by atoms with E-state index in [0.29, 0.717) is 5.92 Å². The van der Waals surface area contributed by atoms with Crippen LogP contribution >= 0.6 is 11.6 Å². The molecule has 0 aromatic heterocycles. The van der Waals surface area contributed by atoms with Crippen LogP contribution in [0.3, 0.4) is 0 Å². The number of halogens is 1. The Bertz CT molecular complexity index is 557. The van der Waals surface area contributed by atoms with Crippen LogP contribution in [0.1, 0.15) is 22.6 Å². The monoisotopic (exact) mass is 257 g/mol. The zero-order valence-electron chi connectivity index (χ0n) is 10.4. The first-order valence-electron chi connectivity index (χ1n) is 6.32. The summed E-state index contributed by atoms with van der Waals surface area (Å²) in [6.07, 6.45) is 1.17. The van der Waals surface area contributed by atoms with E-state index in [2.05, 4.69) is 42.6 Å². The summed E-state index contributed by atoms with van der Waals surface area (Å²) in [7, 11) is 0. The van der Waals surface area contributed by atoms with Gasteiger partial charge in [0.1, 0.15) is 0 Å². The molecule has 0 saturated carbocycles. The molecule has 0 radical (unpaired) electrons. The number of benzene rings is 2. The van der Waals surface area contributed by atoms with Crippen LogP contribution in [-0.2, 0) is 6.42 Å². The van der Waals surface area contributed by atoms with Crippen molar-refractivity contribution in [3.05, 3.63) is 64.2 Å². The standard InChI is InChI=1S/C16H16ClN/c1-11-5-4-8-15(17)16(11)18-10-13-9-12-6-2-3-7-14(12)13/h2-8,13,18H,9-10H2,1H3. The zero-order valence-corrected chi connectivity index (χ0v) is 11.2. The fourth-order valence-corrected chi connectivity index (χ4v) is 2.91. The maximum atomic E-state index is 6.21. The first-order valence-corrected chi connectivity index (χ1v) is 6.70. The molecule has 2 aromatic carbocycles. The Labute approximate surface area is 113 Å². The van der Waals surface area contributed by atoms with E-state index in [-0.39, 0.29) is 0 Å². The second-order valence-corrected chi connectivity index (χ2v) is 5.32. The van der Waals surface area contributed by atoms with Gasteiger partial charge in [-0.25, -0.2) is 0 Å². The molecule has 1 aliphatic carbocycles. The normalized spacial score (nSPS) is 16.9. The van der Waals surface area contributed by atoms with Crippen molar-refractivity contribution in [1.29, 1.82) is 0 Å². The van der Waals surface area contributed by atoms with Gasteiger partial charge in [-0.15, -0.1) is 0 Å². The summed E-state index contributed by atoms with van der Waals surface area (Å²) in [6.45, 7) is 3.05. The molecule has 0 bridgehead atoms. The van der Waals surface area contributed by atoms with Gasteiger partial charge in [0, 0.05) is 12.5 Å². The summed E-state index contributed by atoms with van der Waals surface area (Å²) in [5.41, 5.74) is 5.24. The van der Waals surface area contributed by atoms with Crippen LogP contribution in [0.15, 0.2) is 42.5 Å². The van der Waals surface area contributed by atoms with Crippen molar-refractivity contribution < 1.29 is 0 Å². The van der Waals surface area contributed by atoms with Crippen molar-refractivity contribution >= 4 is 17.3 Å². The average Bonchev–Trinajstić information content (AvgIpc) is 2.33. The van der Waals surface area contributed by atoms with Gasteiger partial charge in [-0.1, -0.05) is 48.0 Å². The van der Waals surface area contributed by atoms with Crippen LogP contribution < -0.4 is 5.32 Å². The maximum absolute atomic E-state index is 6.21. The number of aryl methyl sites for hydroxylation is 1. The van der Waals surface area contributed by atoms with Crippen LogP contribution in [0.25, 0.3) is 0 Å². The molecule has 0 fully saturated rings. The van der Waals surface area contributed by atoms with Crippen molar-refractivity contribution in [3.63, 3.8) is 0 Å². The first-order chi connectivity index (χ1) is 8.75. The Morgan fingerprint density at radius 3 is 2.78 bits per heavy atom. The zero-order chi connectivity index (χ0) is 12.5. The fourth-order valence-electron chi connectivity index (χ4n) is 2.63. The summed E-state index contributed by atoms with van der Waals surface area (Å²) in [6, 6.07) is 14.7. The smallest absolute Gasteiger partial charge is 0.0640 e. The topological polar surface area (TPSA) is 12.0 Å². The molecule has 1 N–H and O–H groups in total. The summed E-state index contributed by atoms with van der Waals surface area (Å²) in [5, 5.41) is 4.30. The Morgan fingerprint density at radius 1 is 1.17 bits per heavy atom. The number of anilines is 1. The highest BCUT2D eigenvalue weighted by molar-refractivity contribution is 6.33. The summed E-state index contributed by atoms with van der Waals surface area (Å²) < 4.78 is 0. The quantitative estimate of drug-likeness (QED) is 0.859. The lowest BCUT2D eigenvalue weighted by Crippen LogP contribution is -2.24. The van der Waals surface area contributed by atoms with Gasteiger partial charge in [0.2, 0.25) is 0 Å². The molecular weight excluding hydrogens is 242 g/mol. The van der Waals surface area contributed by atoms with E-state index < -0.39 is 0 Å². The number of rotatable bonds is 3. The largest absolute Gasteiger partial charge is 0.383 e. The Kier molecular flexibility index (Phi) is 3.00. The minimum atomic E-state index is 0.622. The minimum Gasteiger partial charge on any atom is -0.383 e. The third-order valence-electron chi connectivity index (χ3n) is 3.71. The van der Waals surface area contributed by atoms with E-state index in [1.54, 1.807) is 0 Å². The molecule has 1 unspecified atom stereocenters. The molecule has 0 aliphatic heterocycles. The van der Waals surface area contributed by atoms with Gasteiger partial charge in [-0.3, -0.25) is 0 Å². The lowest BCUT2D eigenvalue weighted by Gasteiger charge is -2.30. The molecular formula is C16H16ClN. The van der Waals surface area contributed by atoms with Crippen LogP contribution in [0.5, 0.6) is 0 Å². The van der Waals surface area contributed by atoms with Gasteiger partial charge >= 0.3 is 0 Å². The number of para-hydroxylation sites is 1. The molecule has 0 spiro atoms. The van der Waals surface area contributed by atoms with Gasteiger partial charge in [-0.2, -0.15) is 0 Å². The van der Waals surface area contributed by atoms with E-state index in [4.69, 9.17) is 11.6 Å². The molecule has 0 saturated heterocycles. The van der Waals surface area contributed by atoms with E-state index in [1.165, 1.54) is 23.1 Å². The third kappa shape index (κ3) is 1.99. The SMILES string of the molecule is Cc1cccc(Cl)c1NCC1Cc2ccccc21. The van der Waals surface area contributed by atoms with Crippen LogP contribution in [0.2, 0.25) is 5.02 Å². The van der Waals surface area contributed by atoms with Gasteiger partial charge in [0.15, 0.2) is 0 Å².